The zero-order valence-corrected chi connectivity index (χ0v) is 16.3. The molecule has 1 amide bonds. The summed E-state index contributed by atoms with van der Waals surface area (Å²) < 4.78 is 10.9. The molecular formula is C22H19ClN2O4. The highest BCUT2D eigenvalue weighted by Crippen LogP contribution is 2.23. The third kappa shape index (κ3) is 5.49. The molecule has 0 aliphatic rings. The average molecular weight is 411 g/mol. The highest BCUT2D eigenvalue weighted by molar-refractivity contribution is 6.31. The van der Waals surface area contributed by atoms with Crippen molar-refractivity contribution in [3.8, 4) is 11.5 Å². The lowest BCUT2D eigenvalue weighted by molar-refractivity contribution is -0.123. The van der Waals surface area contributed by atoms with Gasteiger partial charge in [0, 0.05) is 16.4 Å². The number of esters is 1. The van der Waals surface area contributed by atoms with Crippen molar-refractivity contribution >= 4 is 34.9 Å². The van der Waals surface area contributed by atoms with Gasteiger partial charge in [-0.05, 0) is 61.5 Å². The lowest BCUT2D eigenvalue weighted by Crippen LogP contribution is -2.30. The molecule has 0 aliphatic heterocycles. The number of carbonyl (C=O) groups is 2. The molecule has 0 saturated heterocycles. The molecule has 7 heteroatoms. The third-order valence-electron chi connectivity index (χ3n) is 3.99. The van der Waals surface area contributed by atoms with Gasteiger partial charge in [0.2, 0.25) is 0 Å². The predicted octanol–water partition coefficient (Wildman–Crippen LogP) is 4.90. The standard InChI is InChI=1S/C22H19ClN2O4/c1-14(28-22(27)19-12-7-15(23)13-20(19)24)21(26)25-16-8-10-18(11-9-16)29-17-5-3-2-4-6-17/h2-14H,24H2,1H3,(H,25,26). The second-order valence-corrected chi connectivity index (χ2v) is 6.64. The molecule has 0 aliphatic carbocycles. The van der Waals surface area contributed by atoms with E-state index in [-0.39, 0.29) is 11.3 Å². The second kappa shape index (κ2) is 9.12. The summed E-state index contributed by atoms with van der Waals surface area (Å²) in [4.78, 5) is 24.5. The summed E-state index contributed by atoms with van der Waals surface area (Å²) in [6.45, 7) is 1.48. The summed E-state index contributed by atoms with van der Waals surface area (Å²) >= 11 is 5.82. The normalized spacial score (nSPS) is 11.4. The summed E-state index contributed by atoms with van der Waals surface area (Å²) in [5.74, 6) is 0.175. The van der Waals surface area contributed by atoms with Gasteiger partial charge < -0.3 is 20.5 Å². The summed E-state index contributed by atoms with van der Waals surface area (Å²) in [7, 11) is 0. The molecule has 148 valence electrons. The van der Waals surface area contributed by atoms with Gasteiger partial charge in [0.05, 0.1) is 5.56 Å². The Hall–Kier alpha value is -3.51. The van der Waals surface area contributed by atoms with Gasteiger partial charge in [0.25, 0.3) is 5.91 Å². The number of ether oxygens (including phenoxy) is 2. The Morgan fingerprint density at radius 3 is 2.28 bits per heavy atom. The molecule has 0 aromatic heterocycles. The van der Waals surface area contributed by atoms with E-state index in [1.807, 2.05) is 30.3 Å². The van der Waals surface area contributed by atoms with Crippen molar-refractivity contribution in [2.24, 2.45) is 0 Å². The van der Waals surface area contributed by atoms with Crippen LogP contribution < -0.4 is 15.8 Å². The highest BCUT2D eigenvalue weighted by Gasteiger charge is 2.20. The Bertz CT molecular complexity index is 1010. The van der Waals surface area contributed by atoms with Gasteiger partial charge >= 0.3 is 5.97 Å². The minimum absolute atomic E-state index is 0.150. The third-order valence-corrected chi connectivity index (χ3v) is 4.22. The highest BCUT2D eigenvalue weighted by atomic mass is 35.5. The first kappa shape index (κ1) is 20.2. The molecule has 1 unspecified atom stereocenters. The first-order valence-corrected chi connectivity index (χ1v) is 9.20. The number of nitrogen functional groups attached to an aromatic ring is 1. The topological polar surface area (TPSA) is 90.7 Å². The number of hydrogen-bond donors (Lipinski definition) is 2. The lowest BCUT2D eigenvalue weighted by Gasteiger charge is -2.14. The smallest absolute Gasteiger partial charge is 0.341 e. The van der Waals surface area contributed by atoms with E-state index in [0.717, 1.165) is 0 Å². The second-order valence-electron chi connectivity index (χ2n) is 6.21. The van der Waals surface area contributed by atoms with Crippen molar-refractivity contribution in [2.75, 3.05) is 11.1 Å². The number of para-hydroxylation sites is 1. The van der Waals surface area contributed by atoms with E-state index >= 15 is 0 Å². The Kier molecular flexibility index (Phi) is 6.36. The number of hydrogen-bond acceptors (Lipinski definition) is 5. The van der Waals surface area contributed by atoms with E-state index in [1.165, 1.54) is 25.1 Å². The summed E-state index contributed by atoms with van der Waals surface area (Å²) in [6.07, 6.45) is -1.02. The van der Waals surface area contributed by atoms with Gasteiger partial charge in [-0.1, -0.05) is 29.8 Å². The molecule has 6 nitrogen and oxygen atoms in total. The summed E-state index contributed by atoms with van der Waals surface area (Å²) in [5.41, 5.74) is 6.65. The van der Waals surface area contributed by atoms with Crippen molar-refractivity contribution in [3.63, 3.8) is 0 Å². The largest absolute Gasteiger partial charge is 0.457 e. The number of anilines is 2. The SMILES string of the molecule is CC(OC(=O)c1ccc(Cl)cc1N)C(=O)Nc1ccc(Oc2ccccc2)cc1. The maximum absolute atomic E-state index is 12.3. The molecule has 0 fully saturated rings. The van der Waals surface area contributed by atoms with Crippen LogP contribution in [0.3, 0.4) is 0 Å². The fraction of sp³-hybridized carbons (Fsp3) is 0.0909. The first-order valence-electron chi connectivity index (χ1n) is 8.82. The minimum atomic E-state index is -1.02. The number of amides is 1. The van der Waals surface area contributed by atoms with Crippen molar-refractivity contribution in [2.45, 2.75) is 13.0 Å². The van der Waals surface area contributed by atoms with Crippen LogP contribution >= 0.6 is 11.6 Å². The van der Waals surface area contributed by atoms with Crippen molar-refractivity contribution in [3.05, 3.63) is 83.4 Å². The van der Waals surface area contributed by atoms with Crippen molar-refractivity contribution in [1.29, 1.82) is 0 Å². The van der Waals surface area contributed by atoms with Gasteiger partial charge in [-0.3, -0.25) is 4.79 Å². The van der Waals surface area contributed by atoms with E-state index in [9.17, 15) is 9.59 Å². The maximum atomic E-state index is 12.3. The molecular weight excluding hydrogens is 392 g/mol. The molecule has 3 rings (SSSR count). The van der Waals surface area contributed by atoms with Crippen LogP contribution in [0.2, 0.25) is 5.02 Å². The Morgan fingerprint density at radius 2 is 1.62 bits per heavy atom. The molecule has 0 bridgehead atoms. The Morgan fingerprint density at radius 1 is 0.966 bits per heavy atom. The van der Waals surface area contributed by atoms with Crippen LogP contribution in [-0.4, -0.2) is 18.0 Å². The summed E-state index contributed by atoms with van der Waals surface area (Å²) in [6, 6.07) is 20.6. The Balaban J connectivity index is 1.57. The molecule has 0 heterocycles. The van der Waals surface area contributed by atoms with Gasteiger partial charge in [0.15, 0.2) is 6.10 Å². The molecule has 0 radical (unpaired) electrons. The van der Waals surface area contributed by atoms with Crippen LogP contribution in [0.4, 0.5) is 11.4 Å². The fourth-order valence-electron chi connectivity index (χ4n) is 2.47. The molecule has 3 aromatic rings. The van der Waals surface area contributed by atoms with Gasteiger partial charge in [-0.25, -0.2) is 4.79 Å². The molecule has 1 atom stereocenters. The van der Waals surface area contributed by atoms with Crippen molar-refractivity contribution in [1.82, 2.24) is 0 Å². The van der Waals surface area contributed by atoms with Crippen LogP contribution in [0.1, 0.15) is 17.3 Å². The van der Waals surface area contributed by atoms with Gasteiger partial charge in [0.1, 0.15) is 11.5 Å². The van der Waals surface area contributed by atoms with Crippen molar-refractivity contribution < 1.29 is 19.1 Å². The maximum Gasteiger partial charge on any atom is 0.341 e. The fourth-order valence-corrected chi connectivity index (χ4v) is 2.65. The number of rotatable bonds is 6. The van der Waals surface area contributed by atoms with Crippen LogP contribution in [0.5, 0.6) is 11.5 Å². The minimum Gasteiger partial charge on any atom is -0.457 e. The number of benzene rings is 3. The van der Waals surface area contributed by atoms with Crippen LogP contribution in [0.15, 0.2) is 72.8 Å². The van der Waals surface area contributed by atoms with E-state index in [1.54, 1.807) is 24.3 Å². The predicted molar refractivity (Wildman–Crippen MR) is 112 cm³/mol. The lowest BCUT2D eigenvalue weighted by atomic mass is 10.2. The molecule has 29 heavy (non-hydrogen) atoms. The zero-order chi connectivity index (χ0) is 20.8. The molecule has 0 saturated carbocycles. The van der Waals surface area contributed by atoms with Crippen LogP contribution in [0, 0.1) is 0 Å². The zero-order valence-electron chi connectivity index (χ0n) is 15.6. The number of carbonyl (C=O) groups excluding carboxylic acids is 2. The average Bonchev–Trinajstić information content (AvgIpc) is 2.70. The van der Waals surface area contributed by atoms with E-state index in [0.29, 0.717) is 22.2 Å². The number of nitrogens with two attached hydrogens (primary N) is 1. The summed E-state index contributed by atoms with van der Waals surface area (Å²) in [5, 5.41) is 3.10. The number of nitrogens with one attached hydrogen (secondary N) is 1. The van der Waals surface area contributed by atoms with Crippen LogP contribution in [-0.2, 0) is 9.53 Å². The number of halogens is 1. The van der Waals surface area contributed by atoms with E-state index < -0.39 is 18.0 Å². The van der Waals surface area contributed by atoms with Gasteiger partial charge in [-0.2, -0.15) is 0 Å². The quantitative estimate of drug-likeness (QED) is 0.445. The van der Waals surface area contributed by atoms with E-state index in [2.05, 4.69) is 5.32 Å². The monoisotopic (exact) mass is 410 g/mol. The van der Waals surface area contributed by atoms with Gasteiger partial charge in [-0.15, -0.1) is 0 Å². The molecule has 3 N–H and O–H groups in total. The molecule has 0 spiro atoms. The molecule has 3 aromatic carbocycles. The first-order chi connectivity index (χ1) is 13.9. The van der Waals surface area contributed by atoms with E-state index in [4.69, 9.17) is 26.8 Å². The Labute approximate surface area is 173 Å². The van der Waals surface area contributed by atoms with Crippen LogP contribution in [0.25, 0.3) is 0 Å².